The van der Waals surface area contributed by atoms with Crippen molar-refractivity contribution in [1.29, 1.82) is 0 Å². The molecule has 1 aliphatic carbocycles. The summed E-state index contributed by atoms with van der Waals surface area (Å²) in [5, 5.41) is 6.17. The number of nitrogens with one attached hydrogen (secondary N) is 2. The number of rotatable bonds is 14. The van der Waals surface area contributed by atoms with Crippen molar-refractivity contribution in [2.24, 2.45) is 0 Å². The van der Waals surface area contributed by atoms with Crippen molar-refractivity contribution in [3.05, 3.63) is 107 Å². The maximum absolute atomic E-state index is 13.7. The van der Waals surface area contributed by atoms with Crippen LogP contribution in [0.3, 0.4) is 0 Å². The highest BCUT2D eigenvalue weighted by molar-refractivity contribution is 5.66. The summed E-state index contributed by atoms with van der Waals surface area (Å²) in [7, 11) is 1.34. The van der Waals surface area contributed by atoms with E-state index in [9.17, 15) is 13.6 Å². The van der Waals surface area contributed by atoms with Gasteiger partial charge in [0.25, 0.3) is 0 Å². The van der Waals surface area contributed by atoms with Crippen molar-refractivity contribution < 1.29 is 37.3 Å². The zero-order valence-corrected chi connectivity index (χ0v) is 26.0. The lowest BCUT2D eigenvalue weighted by Gasteiger charge is -2.33. The molecule has 2 aliphatic heterocycles. The van der Waals surface area contributed by atoms with E-state index >= 15 is 0 Å². The van der Waals surface area contributed by atoms with Crippen molar-refractivity contribution in [3.8, 4) is 11.5 Å². The van der Waals surface area contributed by atoms with Crippen LogP contribution < -0.4 is 20.1 Å². The molecule has 46 heavy (non-hydrogen) atoms. The fraction of sp³-hybridized carbons (Fsp3) is 0.400. The fourth-order valence-electron chi connectivity index (χ4n) is 5.60. The third kappa shape index (κ3) is 9.34. The molecule has 0 saturated carbocycles. The average Bonchev–Trinajstić information content (AvgIpc) is 3.09. The minimum Gasteiger partial charge on any atom is -0.493 e. The number of alkyl carbamates (subject to hydrolysis) is 1. The van der Waals surface area contributed by atoms with Crippen molar-refractivity contribution in [2.75, 3.05) is 53.1 Å². The Morgan fingerprint density at radius 1 is 1.13 bits per heavy atom. The third-order valence-electron chi connectivity index (χ3n) is 8.02. The Balaban J connectivity index is 1.13. The van der Waals surface area contributed by atoms with Crippen LogP contribution in [0, 0.1) is 11.6 Å². The molecule has 1 saturated heterocycles. The van der Waals surface area contributed by atoms with Crippen LogP contribution in [0.1, 0.15) is 37.2 Å². The highest BCUT2D eigenvalue weighted by Gasteiger charge is 2.28. The summed E-state index contributed by atoms with van der Waals surface area (Å²) in [4.78, 5) is 13.4. The van der Waals surface area contributed by atoms with E-state index in [0.717, 1.165) is 73.2 Å². The number of carbonyl (C=O) groups excluding carboxylic acids is 1. The second kappa shape index (κ2) is 16.8. The number of allylic oxidation sites excluding steroid dienone is 2. The number of piperidine rings is 1. The van der Waals surface area contributed by atoms with Gasteiger partial charge >= 0.3 is 6.09 Å². The third-order valence-corrected chi connectivity index (χ3v) is 8.02. The molecular weight excluding hydrogens is 596 g/mol. The molecule has 2 atom stereocenters. The van der Waals surface area contributed by atoms with Crippen molar-refractivity contribution in [2.45, 2.75) is 37.7 Å². The lowest BCUT2D eigenvalue weighted by Crippen LogP contribution is -2.41. The summed E-state index contributed by atoms with van der Waals surface area (Å²) in [5.74, 6) is 0.521. The Kier molecular flexibility index (Phi) is 12.1. The summed E-state index contributed by atoms with van der Waals surface area (Å²) >= 11 is 0. The van der Waals surface area contributed by atoms with Gasteiger partial charge in [0.2, 0.25) is 0 Å². The molecule has 2 aromatic carbocycles. The zero-order chi connectivity index (χ0) is 32.1. The second-order valence-corrected chi connectivity index (χ2v) is 11.1. The van der Waals surface area contributed by atoms with E-state index in [1.807, 2.05) is 29.4 Å². The normalized spacial score (nSPS) is 19.4. The first-order valence-corrected chi connectivity index (χ1v) is 15.6. The first-order valence-electron chi connectivity index (χ1n) is 15.6. The molecule has 0 spiro atoms. The Labute approximate surface area is 268 Å². The summed E-state index contributed by atoms with van der Waals surface area (Å²) in [6.07, 6.45) is 12.5. The van der Waals surface area contributed by atoms with Crippen LogP contribution in [0.25, 0.3) is 0 Å². The Bertz CT molecular complexity index is 1440. The van der Waals surface area contributed by atoms with Crippen LogP contribution in [0.2, 0.25) is 0 Å². The van der Waals surface area contributed by atoms with Gasteiger partial charge in [0, 0.05) is 56.0 Å². The van der Waals surface area contributed by atoms with E-state index in [2.05, 4.69) is 39.7 Å². The molecule has 1 amide bonds. The highest BCUT2D eigenvalue weighted by atomic mass is 19.1. The van der Waals surface area contributed by atoms with Gasteiger partial charge in [0.1, 0.15) is 23.6 Å². The van der Waals surface area contributed by atoms with Crippen LogP contribution in [0.4, 0.5) is 13.6 Å². The van der Waals surface area contributed by atoms with Gasteiger partial charge in [-0.15, -0.1) is 0 Å². The predicted molar refractivity (Wildman–Crippen MR) is 169 cm³/mol. The molecule has 2 unspecified atom stereocenters. The fourth-order valence-corrected chi connectivity index (χ4v) is 5.60. The van der Waals surface area contributed by atoms with Crippen LogP contribution in [0.5, 0.6) is 11.5 Å². The van der Waals surface area contributed by atoms with Gasteiger partial charge in [-0.25, -0.2) is 13.6 Å². The van der Waals surface area contributed by atoms with Gasteiger partial charge in [0.05, 0.1) is 33.0 Å². The first kappa shape index (κ1) is 33.0. The van der Waals surface area contributed by atoms with Gasteiger partial charge in [-0.05, 0) is 61.2 Å². The molecule has 5 rings (SSSR count). The molecule has 0 aromatic heterocycles. The van der Waals surface area contributed by atoms with Crippen LogP contribution in [0.15, 0.2) is 90.2 Å². The molecule has 2 N–H and O–H groups in total. The minimum atomic E-state index is -0.589. The minimum absolute atomic E-state index is 0.00740. The molecule has 0 radical (unpaired) electrons. The summed E-state index contributed by atoms with van der Waals surface area (Å²) in [6.45, 7) is 3.75. The molecule has 1 fully saturated rings. The topological polar surface area (TPSA) is 90.5 Å². The molecule has 9 nitrogen and oxygen atoms in total. The van der Waals surface area contributed by atoms with Crippen LogP contribution in [-0.4, -0.2) is 70.2 Å². The lowest BCUT2D eigenvalue weighted by molar-refractivity contribution is 0.0360. The number of benzene rings is 2. The first-order chi connectivity index (χ1) is 22.5. The molecule has 2 aromatic rings. The number of carbonyl (C=O) groups is 1. The zero-order valence-electron chi connectivity index (χ0n) is 26.0. The average molecular weight is 638 g/mol. The number of ether oxygens (including phenoxy) is 5. The lowest BCUT2D eigenvalue weighted by atomic mass is 9.87. The number of hydrogen-bond acceptors (Lipinski definition) is 8. The maximum Gasteiger partial charge on any atom is 0.406 e. The molecular formula is C35H41F2N3O6. The van der Waals surface area contributed by atoms with Crippen molar-refractivity contribution in [3.63, 3.8) is 0 Å². The summed E-state index contributed by atoms with van der Waals surface area (Å²) < 4.78 is 55.3. The summed E-state index contributed by atoms with van der Waals surface area (Å²) in [5.41, 5.74) is 3.40. The smallest absolute Gasteiger partial charge is 0.406 e. The highest BCUT2D eigenvalue weighted by Crippen LogP contribution is 2.32. The van der Waals surface area contributed by atoms with Gasteiger partial charge in [-0.1, -0.05) is 24.3 Å². The Morgan fingerprint density at radius 2 is 1.98 bits per heavy atom. The molecule has 11 heteroatoms. The van der Waals surface area contributed by atoms with Gasteiger partial charge in [0.15, 0.2) is 11.6 Å². The van der Waals surface area contributed by atoms with Gasteiger partial charge < -0.3 is 39.2 Å². The Morgan fingerprint density at radius 3 is 2.83 bits per heavy atom. The van der Waals surface area contributed by atoms with Gasteiger partial charge in [-0.2, -0.15) is 0 Å². The molecule has 246 valence electrons. The Hall–Kier alpha value is -4.35. The van der Waals surface area contributed by atoms with Crippen LogP contribution in [-0.2, 0) is 14.2 Å². The van der Waals surface area contributed by atoms with Crippen molar-refractivity contribution in [1.82, 2.24) is 15.5 Å². The summed E-state index contributed by atoms with van der Waals surface area (Å²) in [6, 6.07) is 11.2. The molecule has 2 heterocycles. The van der Waals surface area contributed by atoms with E-state index in [1.165, 1.54) is 12.7 Å². The van der Waals surface area contributed by atoms with E-state index in [4.69, 9.17) is 18.9 Å². The monoisotopic (exact) mass is 637 g/mol. The number of nitrogens with zero attached hydrogens (tertiary/aromatic N) is 1. The van der Waals surface area contributed by atoms with E-state index in [0.29, 0.717) is 32.7 Å². The number of amides is 1. The predicted octanol–water partition coefficient (Wildman–Crippen LogP) is 5.92. The number of methoxy groups -OCH3 is 1. The number of hydrogen-bond donors (Lipinski definition) is 2. The SMILES string of the molecule is COC(=O)NCCN1C=COC(C2=C(COC3CNCCC3c3ccc(OCCCOc4cc(F)ccc4F)cc3)C=CCC2)=C1. The second-order valence-electron chi connectivity index (χ2n) is 11.1. The van der Waals surface area contributed by atoms with E-state index in [1.54, 1.807) is 6.26 Å². The molecule has 3 aliphatic rings. The van der Waals surface area contributed by atoms with Crippen LogP contribution >= 0.6 is 0 Å². The maximum atomic E-state index is 13.7. The van der Waals surface area contributed by atoms with E-state index in [-0.39, 0.29) is 24.4 Å². The number of halogens is 2. The van der Waals surface area contributed by atoms with E-state index < -0.39 is 17.7 Å². The van der Waals surface area contributed by atoms with Gasteiger partial charge in [-0.3, -0.25) is 0 Å². The molecule has 0 bridgehead atoms. The van der Waals surface area contributed by atoms with Crippen molar-refractivity contribution >= 4 is 6.09 Å². The standard InChI is InChI=1S/C35H41F2N3O6/c1-42-35(41)39-15-16-40-17-20-45-34(23-40)29-6-3-2-5-26(29)24-46-33-22-38-14-13-30(33)25-7-10-28(11-8-25)43-18-4-19-44-32-21-27(36)9-12-31(32)37/h2,5,7-12,17,20-21,23,30,33,38H,3-4,6,13-16,18-19,22,24H2,1H3,(H,39,41). The largest absolute Gasteiger partial charge is 0.493 e. The quantitative estimate of drug-likeness (QED) is 0.247.